The Hall–Kier alpha value is -0.580. The monoisotopic (exact) mass is 359 g/mol. The van der Waals surface area contributed by atoms with Crippen LogP contribution in [-0.4, -0.2) is 46.8 Å². The molecule has 1 aliphatic rings. The van der Waals surface area contributed by atoms with Crippen molar-refractivity contribution in [2.75, 3.05) is 13.1 Å². The number of ether oxygens (including phenoxy) is 2. The van der Waals surface area contributed by atoms with Crippen LogP contribution in [0.5, 0.6) is 0 Å². The van der Waals surface area contributed by atoms with Crippen molar-refractivity contribution in [3.05, 3.63) is 12.2 Å². The number of alkyl halides is 1. The highest BCUT2D eigenvalue weighted by atomic mass is 35.5. The van der Waals surface area contributed by atoms with E-state index in [9.17, 15) is 4.79 Å². The normalized spacial score (nSPS) is 21.3. The van der Waals surface area contributed by atoms with E-state index in [1.165, 1.54) is 0 Å². The highest BCUT2D eigenvalue weighted by molar-refractivity contribution is 6.30. The molecule has 1 amide bonds. The standard InChI is InChI=1S/C19H34ClNO3/c1-7-9-10-11-13-21(17(22)15(20)8-2)14-12-16-23-18(3,4)19(5,6)24-16/h7,9,15-16H,8,10-14H2,1-6H3. The van der Waals surface area contributed by atoms with Gasteiger partial charge in [0.25, 0.3) is 0 Å². The lowest BCUT2D eigenvalue weighted by molar-refractivity contribution is -0.133. The molecular weight excluding hydrogens is 326 g/mol. The number of carbonyl (C=O) groups is 1. The van der Waals surface area contributed by atoms with Gasteiger partial charge in [-0.25, -0.2) is 0 Å². The Morgan fingerprint density at radius 3 is 2.29 bits per heavy atom. The third-order valence-electron chi connectivity index (χ3n) is 4.91. The van der Waals surface area contributed by atoms with E-state index in [0.29, 0.717) is 25.9 Å². The topological polar surface area (TPSA) is 38.8 Å². The van der Waals surface area contributed by atoms with Gasteiger partial charge in [0, 0.05) is 19.5 Å². The molecule has 4 nitrogen and oxygen atoms in total. The lowest BCUT2D eigenvalue weighted by Gasteiger charge is -2.30. The molecule has 1 fully saturated rings. The number of carbonyl (C=O) groups excluding carboxylic acids is 1. The molecule has 140 valence electrons. The van der Waals surface area contributed by atoms with Gasteiger partial charge < -0.3 is 14.4 Å². The molecule has 0 aromatic carbocycles. The molecule has 1 saturated heterocycles. The van der Waals surface area contributed by atoms with Crippen molar-refractivity contribution < 1.29 is 14.3 Å². The molecule has 0 aliphatic carbocycles. The van der Waals surface area contributed by atoms with E-state index in [0.717, 1.165) is 12.8 Å². The fraction of sp³-hybridized carbons (Fsp3) is 0.842. The zero-order chi connectivity index (χ0) is 18.4. The third-order valence-corrected chi connectivity index (χ3v) is 5.40. The molecule has 1 heterocycles. The zero-order valence-electron chi connectivity index (χ0n) is 16.1. The van der Waals surface area contributed by atoms with Gasteiger partial charge in [-0.3, -0.25) is 4.79 Å². The van der Waals surface area contributed by atoms with Crippen LogP contribution >= 0.6 is 11.6 Å². The van der Waals surface area contributed by atoms with Gasteiger partial charge in [-0.05, 0) is 53.9 Å². The first kappa shape index (κ1) is 21.5. The summed E-state index contributed by atoms with van der Waals surface area (Å²) in [6, 6.07) is 0. The van der Waals surface area contributed by atoms with Crippen molar-refractivity contribution in [3.8, 4) is 0 Å². The minimum Gasteiger partial charge on any atom is -0.344 e. The summed E-state index contributed by atoms with van der Waals surface area (Å²) >= 11 is 6.17. The molecule has 5 heteroatoms. The molecule has 0 aromatic heterocycles. The number of hydrogen-bond donors (Lipinski definition) is 0. The molecule has 1 rings (SSSR count). The maximum Gasteiger partial charge on any atom is 0.240 e. The second-order valence-electron chi connectivity index (χ2n) is 7.39. The average molecular weight is 360 g/mol. The van der Waals surface area contributed by atoms with Crippen LogP contribution in [0.3, 0.4) is 0 Å². The van der Waals surface area contributed by atoms with Gasteiger partial charge in [-0.2, -0.15) is 0 Å². The molecule has 24 heavy (non-hydrogen) atoms. The van der Waals surface area contributed by atoms with E-state index < -0.39 is 5.38 Å². The van der Waals surface area contributed by atoms with Gasteiger partial charge in [-0.15, -0.1) is 11.6 Å². The largest absolute Gasteiger partial charge is 0.344 e. The number of unbranched alkanes of at least 4 members (excludes halogenated alkanes) is 1. The Labute approximate surface area is 152 Å². The van der Waals surface area contributed by atoms with Crippen LogP contribution in [0, 0.1) is 0 Å². The van der Waals surface area contributed by atoms with Gasteiger partial charge in [0.15, 0.2) is 6.29 Å². The van der Waals surface area contributed by atoms with Gasteiger partial charge in [0.05, 0.1) is 11.2 Å². The van der Waals surface area contributed by atoms with Gasteiger partial charge >= 0.3 is 0 Å². The number of hydrogen-bond acceptors (Lipinski definition) is 3. The summed E-state index contributed by atoms with van der Waals surface area (Å²) < 4.78 is 12.0. The number of amides is 1. The van der Waals surface area contributed by atoms with E-state index in [1.54, 1.807) is 0 Å². The van der Waals surface area contributed by atoms with Gasteiger partial charge in [0.1, 0.15) is 5.38 Å². The highest BCUT2D eigenvalue weighted by Crippen LogP contribution is 2.39. The van der Waals surface area contributed by atoms with Crippen LogP contribution in [0.4, 0.5) is 0 Å². The first-order chi connectivity index (χ1) is 11.1. The van der Waals surface area contributed by atoms with Crippen molar-refractivity contribution in [1.82, 2.24) is 4.90 Å². The van der Waals surface area contributed by atoms with E-state index in [2.05, 4.69) is 6.08 Å². The van der Waals surface area contributed by atoms with E-state index >= 15 is 0 Å². The fourth-order valence-electron chi connectivity index (χ4n) is 2.62. The van der Waals surface area contributed by atoms with Crippen LogP contribution in [0.25, 0.3) is 0 Å². The Kier molecular flexibility index (Phi) is 8.24. The molecule has 0 spiro atoms. The summed E-state index contributed by atoms with van der Waals surface area (Å²) in [5.41, 5.74) is -0.673. The number of allylic oxidation sites excluding steroid dienone is 2. The molecule has 0 saturated carbocycles. The van der Waals surface area contributed by atoms with Crippen LogP contribution in [0.15, 0.2) is 12.2 Å². The molecule has 1 unspecified atom stereocenters. The fourth-order valence-corrected chi connectivity index (χ4v) is 2.75. The van der Waals surface area contributed by atoms with Gasteiger partial charge in [-0.1, -0.05) is 19.1 Å². The number of nitrogens with zero attached hydrogens (tertiary/aromatic N) is 1. The Balaban J connectivity index is 2.60. The second kappa shape index (κ2) is 9.21. The predicted octanol–water partition coefficient (Wildman–Crippen LogP) is 4.51. The Morgan fingerprint density at radius 2 is 1.79 bits per heavy atom. The maximum atomic E-state index is 12.5. The summed E-state index contributed by atoms with van der Waals surface area (Å²) in [4.78, 5) is 14.3. The number of halogens is 1. The maximum absolute atomic E-state index is 12.5. The van der Waals surface area contributed by atoms with Crippen LogP contribution in [0.2, 0.25) is 0 Å². The minimum atomic E-state index is -0.454. The first-order valence-electron chi connectivity index (χ1n) is 9.04. The summed E-state index contributed by atoms with van der Waals surface area (Å²) in [6.45, 7) is 13.4. The molecule has 0 N–H and O–H groups in total. The van der Waals surface area contributed by atoms with Crippen molar-refractivity contribution in [3.63, 3.8) is 0 Å². The summed E-state index contributed by atoms with van der Waals surface area (Å²) in [7, 11) is 0. The lowest BCUT2D eigenvalue weighted by Crippen LogP contribution is -2.41. The van der Waals surface area contributed by atoms with Crippen LogP contribution < -0.4 is 0 Å². The van der Waals surface area contributed by atoms with Crippen molar-refractivity contribution in [2.45, 2.75) is 90.1 Å². The van der Waals surface area contributed by atoms with Crippen molar-refractivity contribution in [1.29, 1.82) is 0 Å². The summed E-state index contributed by atoms with van der Waals surface area (Å²) in [6.07, 6.45) is 7.08. The Bertz CT molecular complexity index is 418. The minimum absolute atomic E-state index is 0.0103. The number of rotatable bonds is 9. The highest BCUT2D eigenvalue weighted by Gasteiger charge is 2.48. The first-order valence-corrected chi connectivity index (χ1v) is 9.48. The van der Waals surface area contributed by atoms with Crippen LogP contribution in [-0.2, 0) is 14.3 Å². The van der Waals surface area contributed by atoms with E-state index in [4.69, 9.17) is 21.1 Å². The SMILES string of the molecule is CC=CCCCN(CCC1OC(C)(C)C(C)(C)O1)C(=O)C(Cl)CC. The molecular formula is C19H34ClNO3. The summed E-state index contributed by atoms with van der Waals surface area (Å²) in [5.74, 6) is 0.0103. The second-order valence-corrected chi connectivity index (χ2v) is 7.91. The molecule has 1 atom stereocenters. The van der Waals surface area contributed by atoms with Crippen molar-refractivity contribution >= 4 is 17.5 Å². The average Bonchev–Trinajstić information content (AvgIpc) is 2.72. The Morgan fingerprint density at radius 1 is 1.21 bits per heavy atom. The van der Waals surface area contributed by atoms with E-state index in [-0.39, 0.29) is 23.4 Å². The third kappa shape index (κ3) is 5.75. The lowest BCUT2D eigenvalue weighted by atomic mass is 9.90. The predicted molar refractivity (Wildman–Crippen MR) is 99.3 cm³/mol. The van der Waals surface area contributed by atoms with Crippen molar-refractivity contribution in [2.24, 2.45) is 0 Å². The zero-order valence-corrected chi connectivity index (χ0v) is 16.9. The molecule has 0 aromatic rings. The quantitative estimate of drug-likeness (QED) is 0.345. The smallest absolute Gasteiger partial charge is 0.240 e. The van der Waals surface area contributed by atoms with Crippen LogP contribution in [0.1, 0.15) is 67.2 Å². The molecule has 1 aliphatic heterocycles. The van der Waals surface area contributed by atoms with Gasteiger partial charge in [0.2, 0.25) is 5.91 Å². The molecule has 0 bridgehead atoms. The summed E-state index contributed by atoms with van der Waals surface area (Å²) in [5, 5.41) is -0.454. The molecule has 0 radical (unpaired) electrons. The van der Waals surface area contributed by atoms with E-state index in [1.807, 2.05) is 52.5 Å².